The van der Waals surface area contributed by atoms with Crippen LogP contribution in [0.1, 0.15) is 29.7 Å². The Kier molecular flexibility index (Phi) is 4.44. The highest BCUT2D eigenvalue weighted by molar-refractivity contribution is 5.37. The fraction of sp³-hybridized carbons (Fsp3) is 0.188. The standard InChI is InChI=1S/C16H14F2N2/c1-11(12-2-5-15(17)6-3-12)20-10-14-8-16(18)7-4-13(14)9-19/h2-8,11,20H,10H2,1H3/t11-/m0/s1. The van der Waals surface area contributed by atoms with Gasteiger partial charge < -0.3 is 5.32 Å². The molecule has 0 aliphatic rings. The Bertz CT molecular complexity index is 630. The number of nitriles is 1. The smallest absolute Gasteiger partial charge is 0.123 e. The second kappa shape index (κ2) is 6.27. The van der Waals surface area contributed by atoms with E-state index in [1.165, 1.54) is 30.3 Å². The lowest BCUT2D eigenvalue weighted by Gasteiger charge is -2.15. The molecule has 0 radical (unpaired) electrons. The van der Waals surface area contributed by atoms with Gasteiger partial charge in [0.25, 0.3) is 0 Å². The Balaban J connectivity index is 2.07. The molecule has 0 heterocycles. The predicted octanol–water partition coefficient (Wildman–Crippen LogP) is 3.69. The van der Waals surface area contributed by atoms with Crippen LogP contribution in [0, 0.1) is 23.0 Å². The van der Waals surface area contributed by atoms with Crippen molar-refractivity contribution in [2.24, 2.45) is 0 Å². The number of benzene rings is 2. The number of hydrogen-bond donors (Lipinski definition) is 1. The van der Waals surface area contributed by atoms with Gasteiger partial charge in [-0.3, -0.25) is 0 Å². The lowest BCUT2D eigenvalue weighted by atomic mass is 10.1. The number of nitrogens with zero attached hydrogens (tertiary/aromatic N) is 1. The molecule has 0 unspecified atom stereocenters. The minimum atomic E-state index is -0.366. The molecule has 0 amide bonds. The molecule has 0 aliphatic carbocycles. The summed E-state index contributed by atoms with van der Waals surface area (Å²) in [6.45, 7) is 2.30. The molecule has 102 valence electrons. The van der Waals surface area contributed by atoms with Crippen molar-refractivity contribution in [1.82, 2.24) is 5.32 Å². The third kappa shape index (κ3) is 3.40. The van der Waals surface area contributed by atoms with Crippen LogP contribution in [0.4, 0.5) is 8.78 Å². The Morgan fingerprint density at radius 3 is 2.40 bits per heavy atom. The average Bonchev–Trinajstić information content (AvgIpc) is 2.45. The minimum absolute atomic E-state index is 0.0228. The summed E-state index contributed by atoms with van der Waals surface area (Å²) in [4.78, 5) is 0. The number of nitrogens with one attached hydrogen (secondary N) is 1. The van der Waals surface area contributed by atoms with Crippen molar-refractivity contribution in [2.75, 3.05) is 0 Å². The Hall–Kier alpha value is -2.25. The molecule has 1 atom stereocenters. The summed E-state index contributed by atoms with van der Waals surface area (Å²) in [7, 11) is 0. The van der Waals surface area contributed by atoms with Gasteiger partial charge in [-0.1, -0.05) is 12.1 Å². The van der Waals surface area contributed by atoms with E-state index in [9.17, 15) is 8.78 Å². The lowest BCUT2D eigenvalue weighted by molar-refractivity contribution is 0.565. The molecular formula is C16H14F2N2. The van der Waals surface area contributed by atoms with Gasteiger partial charge in [-0.25, -0.2) is 8.78 Å². The summed E-state index contributed by atoms with van der Waals surface area (Å²) in [5.74, 6) is -0.645. The van der Waals surface area contributed by atoms with Gasteiger partial charge in [0.2, 0.25) is 0 Å². The molecule has 0 saturated heterocycles. The van der Waals surface area contributed by atoms with Crippen molar-refractivity contribution in [3.05, 3.63) is 70.8 Å². The van der Waals surface area contributed by atoms with E-state index < -0.39 is 0 Å². The summed E-state index contributed by atoms with van der Waals surface area (Å²) < 4.78 is 26.0. The third-order valence-corrected chi connectivity index (χ3v) is 3.16. The molecule has 0 aromatic heterocycles. The van der Waals surface area contributed by atoms with Crippen LogP contribution < -0.4 is 5.32 Å². The summed E-state index contributed by atoms with van der Waals surface area (Å²) in [6, 6.07) is 12.3. The van der Waals surface area contributed by atoms with Crippen LogP contribution in [-0.4, -0.2) is 0 Å². The molecule has 0 aliphatic heterocycles. The maximum Gasteiger partial charge on any atom is 0.123 e. The second-order valence-corrected chi connectivity index (χ2v) is 4.57. The topological polar surface area (TPSA) is 35.8 Å². The molecule has 2 aromatic carbocycles. The van der Waals surface area contributed by atoms with E-state index in [0.717, 1.165) is 5.56 Å². The van der Waals surface area contributed by atoms with Crippen molar-refractivity contribution in [1.29, 1.82) is 5.26 Å². The highest BCUT2D eigenvalue weighted by atomic mass is 19.1. The zero-order chi connectivity index (χ0) is 14.5. The van der Waals surface area contributed by atoms with Crippen molar-refractivity contribution in [3.8, 4) is 6.07 Å². The largest absolute Gasteiger partial charge is 0.306 e. The molecule has 0 saturated carbocycles. The van der Waals surface area contributed by atoms with Crippen molar-refractivity contribution >= 4 is 0 Å². The Morgan fingerprint density at radius 1 is 1.10 bits per heavy atom. The SMILES string of the molecule is C[C@H](NCc1cc(F)ccc1C#N)c1ccc(F)cc1. The van der Waals surface area contributed by atoms with Crippen LogP contribution in [0.5, 0.6) is 0 Å². The van der Waals surface area contributed by atoms with Gasteiger partial charge in [-0.15, -0.1) is 0 Å². The first-order chi connectivity index (χ1) is 9.60. The highest BCUT2D eigenvalue weighted by Gasteiger charge is 2.08. The number of halogens is 2. The second-order valence-electron chi connectivity index (χ2n) is 4.57. The molecular weight excluding hydrogens is 258 g/mol. The number of hydrogen-bond acceptors (Lipinski definition) is 2. The van der Waals surface area contributed by atoms with E-state index in [4.69, 9.17) is 5.26 Å². The van der Waals surface area contributed by atoms with Gasteiger partial charge >= 0.3 is 0 Å². The first-order valence-corrected chi connectivity index (χ1v) is 6.27. The highest BCUT2D eigenvalue weighted by Crippen LogP contribution is 2.15. The van der Waals surface area contributed by atoms with E-state index in [2.05, 4.69) is 5.32 Å². The first-order valence-electron chi connectivity index (χ1n) is 6.27. The van der Waals surface area contributed by atoms with Gasteiger partial charge in [0.15, 0.2) is 0 Å². The van der Waals surface area contributed by atoms with Crippen LogP contribution in [0.2, 0.25) is 0 Å². The van der Waals surface area contributed by atoms with Crippen LogP contribution in [0.25, 0.3) is 0 Å². The third-order valence-electron chi connectivity index (χ3n) is 3.16. The first kappa shape index (κ1) is 14.2. The maximum absolute atomic E-state index is 13.2. The summed E-state index contributed by atoms with van der Waals surface area (Å²) in [5, 5.41) is 12.2. The van der Waals surface area contributed by atoms with Crippen molar-refractivity contribution < 1.29 is 8.78 Å². The summed E-state index contributed by atoms with van der Waals surface area (Å²) in [6.07, 6.45) is 0. The van der Waals surface area contributed by atoms with Gasteiger partial charge in [0.1, 0.15) is 11.6 Å². The van der Waals surface area contributed by atoms with Crippen LogP contribution >= 0.6 is 0 Å². The van der Waals surface area contributed by atoms with Gasteiger partial charge in [0, 0.05) is 12.6 Å². The fourth-order valence-electron chi connectivity index (χ4n) is 1.95. The summed E-state index contributed by atoms with van der Waals surface area (Å²) in [5.41, 5.74) is 1.99. The molecule has 2 nitrogen and oxygen atoms in total. The molecule has 2 rings (SSSR count). The van der Waals surface area contributed by atoms with Crippen LogP contribution in [0.15, 0.2) is 42.5 Å². The molecule has 0 spiro atoms. The van der Waals surface area contributed by atoms with Gasteiger partial charge in [0.05, 0.1) is 11.6 Å². The van der Waals surface area contributed by atoms with Crippen LogP contribution in [-0.2, 0) is 6.54 Å². The molecule has 0 fully saturated rings. The maximum atomic E-state index is 13.2. The van der Waals surface area contributed by atoms with Crippen molar-refractivity contribution in [2.45, 2.75) is 19.5 Å². The van der Waals surface area contributed by atoms with E-state index in [1.54, 1.807) is 12.1 Å². The minimum Gasteiger partial charge on any atom is -0.306 e. The number of rotatable bonds is 4. The van der Waals surface area contributed by atoms with Crippen molar-refractivity contribution in [3.63, 3.8) is 0 Å². The Labute approximate surface area is 116 Å². The molecule has 0 bridgehead atoms. The fourth-order valence-corrected chi connectivity index (χ4v) is 1.95. The van der Waals surface area contributed by atoms with Gasteiger partial charge in [-0.2, -0.15) is 5.26 Å². The normalized spacial score (nSPS) is 11.9. The molecule has 4 heteroatoms. The summed E-state index contributed by atoms with van der Waals surface area (Å²) >= 11 is 0. The monoisotopic (exact) mass is 272 g/mol. The van der Waals surface area contributed by atoms with E-state index in [1.807, 2.05) is 13.0 Å². The Morgan fingerprint density at radius 2 is 1.75 bits per heavy atom. The molecule has 2 aromatic rings. The van der Waals surface area contributed by atoms with E-state index in [-0.39, 0.29) is 17.7 Å². The van der Waals surface area contributed by atoms with E-state index >= 15 is 0 Å². The zero-order valence-corrected chi connectivity index (χ0v) is 11.0. The average molecular weight is 272 g/mol. The predicted molar refractivity (Wildman–Crippen MR) is 72.8 cm³/mol. The van der Waals surface area contributed by atoms with E-state index in [0.29, 0.717) is 17.7 Å². The quantitative estimate of drug-likeness (QED) is 0.921. The molecule has 1 N–H and O–H groups in total. The zero-order valence-electron chi connectivity index (χ0n) is 11.0. The van der Waals surface area contributed by atoms with Gasteiger partial charge in [-0.05, 0) is 48.4 Å². The lowest BCUT2D eigenvalue weighted by Crippen LogP contribution is -2.18. The van der Waals surface area contributed by atoms with Crippen LogP contribution in [0.3, 0.4) is 0 Å². The molecule has 20 heavy (non-hydrogen) atoms.